The number of unbranched alkanes of at least 4 members (excludes halogenated alkanes) is 1. The third kappa shape index (κ3) is 15.0. The van der Waals surface area contributed by atoms with Crippen LogP contribution >= 0.6 is 0 Å². The van der Waals surface area contributed by atoms with Crippen LogP contribution in [0.2, 0.25) is 0 Å². The van der Waals surface area contributed by atoms with Crippen LogP contribution in [0.1, 0.15) is 92.9 Å². The van der Waals surface area contributed by atoms with Crippen molar-refractivity contribution in [3.8, 4) is 5.75 Å². The van der Waals surface area contributed by atoms with Gasteiger partial charge in [0, 0.05) is 25.9 Å². The van der Waals surface area contributed by atoms with Crippen LogP contribution < -0.4 is 32.7 Å². The van der Waals surface area contributed by atoms with E-state index in [9.17, 15) is 24.3 Å². The van der Waals surface area contributed by atoms with Crippen molar-refractivity contribution >= 4 is 30.0 Å². The Morgan fingerprint density at radius 3 is 2.22 bits per heavy atom. The summed E-state index contributed by atoms with van der Waals surface area (Å²) in [5.41, 5.74) is 13.0. The molecule has 3 atom stereocenters. The highest BCUT2D eigenvalue weighted by atomic mass is 16.6. The smallest absolute Gasteiger partial charge is 0.407 e. The fourth-order valence-corrected chi connectivity index (χ4v) is 5.63. The number of carbonyl (C=O) groups is 4. The number of nitrogens with one attached hydrogen (secondary N) is 5. The van der Waals surface area contributed by atoms with E-state index in [2.05, 4.69) is 31.4 Å². The first-order chi connectivity index (χ1) is 25.5. The lowest BCUT2D eigenvalue weighted by Crippen LogP contribution is -2.52. The first-order valence-corrected chi connectivity index (χ1v) is 17.8. The Kier molecular flexibility index (Phi) is 16.1. The summed E-state index contributed by atoms with van der Waals surface area (Å²) in [7, 11) is 0. The Bertz CT molecular complexity index is 1700. The predicted molar refractivity (Wildman–Crippen MR) is 199 cm³/mol. The standard InChI is InChI=1S/C37H53N9O8/c1-22-18-25(47)19-23(2)26(22)21-28(44-32(49)29(52-35(40)50)15-11-17-41-34(38)39)31(48)43-27(14-9-10-16-42-36(51)53-37(3,4)5)33-45-30(46-54-33)20-24-12-7-6-8-13-24/h6-8,12-13,18-19,27-29,47H,9-11,14-17,20-21H2,1-5H3,(H2,40,50)(H,42,51)(H,43,48)(H,44,49)(H4,38,39,41)/t27-,28-,29-/m1/s1. The second-order valence-electron chi connectivity index (χ2n) is 13.9. The molecule has 0 aliphatic carbocycles. The number of alkyl carbamates (subject to hydrolysis) is 1. The minimum Gasteiger partial charge on any atom is -0.508 e. The zero-order valence-corrected chi connectivity index (χ0v) is 31.5. The number of hydrogen-bond acceptors (Lipinski definition) is 11. The molecule has 10 N–H and O–H groups in total. The van der Waals surface area contributed by atoms with E-state index in [-0.39, 0.29) is 43.4 Å². The monoisotopic (exact) mass is 751 g/mol. The largest absolute Gasteiger partial charge is 0.508 e. The molecular weight excluding hydrogens is 698 g/mol. The fourth-order valence-electron chi connectivity index (χ4n) is 5.63. The zero-order chi connectivity index (χ0) is 39.8. The van der Waals surface area contributed by atoms with Gasteiger partial charge in [-0.3, -0.25) is 15.0 Å². The number of nitrogens with zero attached hydrogens (tertiary/aromatic N) is 2. The van der Waals surface area contributed by atoms with Gasteiger partial charge < -0.3 is 51.8 Å². The molecule has 0 radical (unpaired) electrons. The van der Waals surface area contributed by atoms with Gasteiger partial charge in [-0.15, -0.1) is 0 Å². The number of aromatic nitrogens is 2. The van der Waals surface area contributed by atoms with Crippen LogP contribution in [0.5, 0.6) is 5.75 Å². The lowest BCUT2D eigenvalue weighted by Gasteiger charge is -2.25. The molecule has 17 heteroatoms. The van der Waals surface area contributed by atoms with Crippen LogP contribution in [-0.4, -0.2) is 76.0 Å². The molecule has 0 spiro atoms. The minimum atomic E-state index is -1.35. The Labute approximate surface area is 314 Å². The maximum absolute atomic E-state index is 14.2. The molecule has 0 unspecified atom stereocenters. The summed E-state index contributed by atoms with van der Waals surface area (Å²) in [5, 5.41) is 32.7. The number of aromatic hydroxyl groups is 1. The summed E-state index contributed by atoms with van der Waals surface area (Å²) in [4.78, 5) is 56.3. The molecule has 1 aromatic heterocycles. The first-order valence-electron chi connectivity index (χ1n) is 17.8. The molecule has 17 nitrogen and oxygen atoms in total. The normalized spacial score (nSPS) is 12.8. The van der Waals surface area contributed by atoms with E-state index in [0.29, 0.717) is 54.7 Å². The van der Waals surface area contributed by atoms with Gasteiger partial charge in [0.25, 0.3) is 5.91 Å². The third-order valence-electron chi connectivity index (χ3n) is 8.12. The summed E-state index contributed by atoms with van der Waals surface area (Å²) in [6.45, 7) is 9.42. The molecule has 0 aliphatic rings. The van der Waals surface area contributed by atoms with Gasteiger partial charge in [0.2, 0.25) is 11.8 Å². The van der Waals surface area contributed by atoms with Crippen molar-refractivity contribution in [1.82, 2.24) is 31.4 Å². The van der Waals surface area contributed by atoms with Gasteiger partial charge in [-0.05, 0) is 101 Å². The van der Waals surface area contributed by atoms with Crippen molar-refractivity contribution in [2.24, 2.45) is 11.5 Å². The Morgan fingerprint density at radius 2 is 1.59 bits per heavy atom. The molecule has 1 heterocycles. The van der Waals surface area contributed by atoms with Gasteiger partial charge in [-0.2, -0.15) is 4.98 Å². The number of aryl methyl sites for hydroxylation is 2. The number of phenolic OH excluding ortho intramolecular Hbond substituents is 1. The van der Waals surface area contributed by atoms with Gasteiger partial charge in [-0.25, -0.2) is 9.59 Å². The lowest BCUT2D eigenvalue weighted by atomic mass is 9.95. The quantitative estimate of drug-likeness (QED) is 0.0498. The second-order valence-corrected chi connectivity index (χ2v) is 13.9. The summed E-state index contributed by atoms with van der Waals surface area (Å²) in [6.07, 6.45) is -0.959. The molecule has 3 aromatic rings. The van der Waals surface area contributed by atoms with Crippen molar-refractivity contribution in [2.45, 2.75) is 103 Å². The maximum Gasteiger partial charge on any atom is 0.407 e. The number of phenols is 1. The first kappa shape index (κ1) is 42.5. The summed E-state index contributed by atoms with van der Waals surface area (Å²) >= 11 is 0. The van der Waals surface area contributed by atoms with E-state index in [1.54, 1.807) is 46.8 Å². The number of hydrogen-bond donors (Lipinski definition) is 8. The number of primary amides is 1. The molecule has 4 amide bonds. The molecule has 0 saturated heterocycles. The van der Waals surface area contributed by atoms with E-state index in [0.717, 1.165) is 5.56 Å². The fraction of sp³-hybridized carbons (Fsp3) is 0.486. The summed E-state index contributed by atoms with van der Waals surface area (Å²) in [6, 6.07) is 10.7. The highest BCUT2D eigenvalue weighted by Gasteiger charge is 2.31. The maximum atomic E-state index is 14.2. The zero-order valence-electron chi connectivity index (χ0n) is 31.5. The van der Waals surface area contributed by atoms with E-state index < -0.39 is 47.8 Å². The van der Waals surface area contributed by atoms with Gasteiger partial charge >= 0.3 is 12.2 Å². The van der Waals surface area contributed by atoms with Crippen molar-refractivity contribution in [3.05, 3.63) is 76.4 Å². The molecular formula is C37H53N9O8. The average molecular weight is 752 g/mol. The van der Waals surface area contributed by atoms with Gasteiger partial charge in [0.15, 0.2) is 17.9 Å². The lowest BCUT2D eigenvalue weighted by molar-refractivity contribution is -0.134. The van der Waals surface area contributed by atoms with Crippen LogP contribution in [0.25, 0.3) is 0 Å². The number of nitrogens with two attached hydrogens (primary N) is 2. The highest BCUT2D eigenvalue weighted by Crippen LogP contribution is 2.24. The van der Waals surface area contributed by atoms with Gasteiger partial charge in [0.1, 0.15) is 23.4 Å². The molecule has 54 heavy (non-hydrogen) atoms. The van der Waals surface area contributed by atoms with Crippen molar-refractivity contribution in [1.29, 1.82) is 5.41 Å². The van der Waals surface area contributed by atoms with E-state index in [1.165, 1.54) is 0 Å². The summed E-state index contributed by atoms with van der Waals surface area (Å²) in [5.74, 6) is -0.996. The molecule has 2 aromatic carbocycles. The Morgan fingerprint density at radius 1 is 0.926 bits per heavy atom. The van der Waals surface area contributed by atoms with Crippen LogP contribution in [0.15, 0.2) is 47.0 Å². The van der Waals surface area contributed by atoms with Crippen LogP contribution in [0.3, 0.4) is 0 Å². The molecule has 0 fully saturated rings. The molecule has 0 saturated carbocycles. The number of guanidine groups is 1. The van der Waals surface area contributed by atoms with Crippen LogP contribution in [0, 0.1) is 19.3 Å². The van der Waals surface area contributed by atoms with Gasteiger partial charge in [-0.1, -0.05) is 35.5 Å². The third-order valence-corrected chi connectivity index (χ3v) is 8.12. The van der Waals surface area contributed by atoms with Gasteiger partial charge in [0.05, 0.1) is 0 Å². The van der Waals surface area contributed by atoms with Crippen molar-refractivity contribution in [3.63, 3.8) is 0 Å². The van der Waals surface area contributed by atoms with E-state index in [1.807, 2.05) is 30.3 Å². The topological polar surface area (TPSA) is 270 Å². The number of rotatable bonds is 19. The second kappa shape index (κ2) is 20.4. The molecule has 3 rings (SSSR count). The minimum absolute atomic E-state index is 0.0142. The van der Waals surface area contributed by atoms with Crippen molar-refractivity contribution in [2.75, 3.05) is 13.1 Å². The number of carbonyl (C=O) groups excluding carboxylic acids is 4. The highest BCUT2D eigenvalue weighted by molar-refractivity contribution is 5.90. The van der Waals surface area contributed by atoms with Crippen molar-refractivity contribution < 1.29 is 38.3 Å². The number of benzene rings is 2. The van der Waals surface area contributed by atoms with Crippen LogP contribution in [-0.2, 0) is 31.9 Å². The Balaban J connectivity index is 1.87. The SMILES string of the molecule is Cc1cc(O)cc(C)c1C[C@@H](NC(=O)[C@@H](CCCNC(=N)N)OC(N)=O)C(=O)N[C@H](CCCCNC(=O)OC(C)(C)C)c1nc(Cc2ccccc2)no1. The Hall–Kier alpha value is -5.87. The van der Waals surface area contributed by atoms with Crippen LogP contribution in [0.4, 0.5) is 9.59 Å². The summed E-state index contributed by atoms with van der Waals surface area (Å²) < 4.78 is 16.1. The van der Waals surface area contributed by atoms with E-state index in [4.69, 9.17) is 30.9 Å². The molecule has 294 valence electrons. The number of ether oxygens (including phenoxy) is 2. The van der Waals surface area contributed by atoms with E-state index >= 15 is 0 Å². The molecule has 0 bridgehead atoms. The predicted octanol–water partition coefficient (Wildman–Crippen LogP) is 3.29. The molecule has 0 aliphatic heterocycles. The average Bonchev–Trinajstić information content (AvgIpc) is 3.53. The number of amides is 4.